The van der Waals surface area contributed by atoms with Crippen molar-refractivity contribution in [2.24, 2.45) is 0 Å². The molecule has 1 aromatic carbocycles. The smallest absolute Gasteiger partial charge is 0.129 e. The van der Waals surface area contributed by atoms with Crippen molar-refractivity contribution in [3.8, 4) is 0 Å². The second-order valence-corrected chi connectivity index (χ2v) is 6.16. The molecule has 1 fully saturated rings. The molecular formula is C18H24N4. The van der Waals surface area contributed by atoms with Crippen LogP contribution in [-0.4, -0.2) is 31.2 Å². The highest BCUT2D eigenvalue weighted by molar-refractivity contribution is 5.59. The first-order valence-electron chi connectivity index (χ1n) is 7.84. The summed E-state index contributed by atoms with van der Waals surface area (Å²) in [6.07, 6.45) is 0. The van der Waals surface area contributed by atoms with Crippen molar-refractivity contribution in [3.05, 3.63) is 47.2 Å². The molecule has 0 unspecified atom stereocenters. The van der Waals surface area contributed by atoms with Gasteiger partial charge in [0.05, 0.1) is 0 Å². The lowest BCUT2D eigenvalue weighted by Gasteiger charge is -2.37. The van der Waals surface area contributed by atoms with Crippen LogP contribution >= 0.6 is 0 Å². The first-order valence-corrected chi connectivity index (χ1v) is 7.84. The zero-order valence-corrected chi connectivity index (χ0v) is 13.6. The van der Waals surface area contributed by atoms with E-state index in [1.165, 1.54) is 11.3 Å². The molecule has 2 aromatic rings. The van der Waals surface area contributed by atoms with E-state index in [0.29, 0.717) is 0 Å². The van der Waals surface area contributed by atoms with Gasteiger partial charge in [0, 0.05) is 43.2 Å². The highest BCUT2D eigenvalue weighted by Gasteiger charge is 2.19. The van der Waals surface area contributed by atoms with Crippen molar-refractivity contribution >= 4 is 17.2 Å². The molecule has 1 aromatic heterocycles. The molecule has 22 heavy (non-hydrogen) atoms. The van der Waals surface area contributed by atoms with E-state index in [1.807, 2.05) is 6.07 Å². The summed E-state index contributed by atoms with van der Waals surface area (Å²) in [5.74, 6) is 1.10. The number of piperazine rings is 1. The number of aryl methyl sites for hydroxylation is 3. The third-order valence-electron chi connectivity index (χ3n) is 4.31. The molecule has 0 aliphatic carbocycles. The van der Waals surface area contributed by atoms with Crippen molar-refractivity contribution < 1.29 is 0 Å². The van der Waals surface area contributed by atoms with Crippen LogP contribution in [-0.2, 0) is 0 Å². The number of rotatable bonds is 2. The van der Waals surface area contributed by atoms with E-state index in [9.17, 15) is 0 Å². The monoisotopic (exact) mass is 296 g/mol. The minimum atomic E-state index is 0.863. The normalized spacial score (nSPS) is 15.2. The van der Waals surface area contributed by atoms with Gasteiger partial charge in [0.2, 0.25) is 0 Å². The Kier molecular flexibility index (Phi) is 3.92. The molecule has 1 aliphatic heterocycles. The molecule has 0 saturated carbocycles. The van der Waals surface area contributed by atoms with Crippen LogP contribution in [0.5, 0.6) is 0 Å². The van der Waals surface area contributed by atoms with Gasteiger partial charge in [-0.05, 0) is 62.2 Å². The van der Waals surface area contributed by atoms with Crippen LogP contribution in [0.2, 0.25) is 0 Å². The van der Waals surface area contributed by atoms with E-state index >= 15 is 0 Å². The number of pyridine rings is 1. The van der Waals surface area contributed by atoms with Crippen LogP contribution in [0.3, 0.4) is 0 Å². The number of anilines is 3. The average Bonchev–Trinajstić information content (AvgIpc) is 2.49. The molecule has 0 amide bonds. The first kappa shape index (κ1) is 14.7. The molecule has 116 valence electrons. The Bertz CT molecular complexity index is 653. The molecule has 4 nitrogen and oxygen atoms in total. The number of hydrogen-bond donors (Lipinski definition) is 1. The minimum Gasteiger partial charge on any atom is -0.399 e. The van der Waals surface area contributed by atoms with Gasteiger partial charge >= 0.3 is 0 Å². The maximum Gasteiger partial charge on any atom is 0.129 e. The SMILES string of the molecule is Cc1cc(C)nc(N2CCN(c3ccc(N)c(C)c3)CC2)c1. The summed E-state index contributed by atoms with van der Waals surface area (Å²) in [6.45, 7) is 10.3. The van der Waals surface area contributed by atoms with Gasteiger partial charge < -0.3 is 15.5 Å². The fraction of sp³-hybridized carbons (Fsp3) is 0.389. The Morgan fingerprint density at radius 3 is 2.23 bits per heavy atom. The maximum absolute atomic E-state index is 5.91. The van der Waals surface area contributed by atoms with Gasteiger partial charge in [-0.15, -0.1) is 0 Å². The van der Waals surface area contributed by atoms with Crippen molar-refractivity contribution in [1.29, 1.82) is 0 Å². The Hall–Kier alpha value is -2.23. The van der Waals surface area contributed by atoms with E-state index in [2.05, 4.69) is 59.8 Å². The summed E-state index contributed by atoms with van der Waals surface area (Å²) in [5, 5.41) is 0. The molecular weight excluding hydrogens is 272 g/mol. The second-order valence-electron chi connectivity index (χ2n) is 6.16. The third-order valence-corrected chi connectivity index (χ3v) is 4.31. The van der Waals surface area contributed by atoms with Crippen LogP contribution < -0.4 is 15.5 Å². The lowest BCUT2D eigenvalue weighted by Crippen LogP contribution is -2.46. The molecule has 0 radical (unpaired) electrons. The quantitative estimate of drug-likeness (QED) is 0.866. The number of benzene rings is 1. The van der Waals surface area contributed by atoms with Crippen LogP contribution in [0.25, 0.3) is 0 Å². The molecule has 1 aliphatic rings. The maximum atomic E-state index is 5.91. The molecule has 1 saturated heterocycles. The van der Waals surface area contributed by atoms with Gasteiger partial charge in [-0.1, -0.05) is 0 Å². The largest absolute Gasteiger partial charge is 0.399 e. The van der Waals surface area contributed by atoms with Crippen LogP contribution in [0.4, 0.5) is 17.2 Å². The Morgan fingerprint density at radius 1 is 0.909 bits per heavy atom. The van der Waals surface area contributed by atoms with Gasteiger partial charge in [-0.25, -0.2) is 4.98 Å². The van der Waals surface area contributed by atoms with Crippen molar-refractivity contribution in [2.45, 2.75) is 20.8 Å². The van der Waals surface area contributed by atoms with Gasteiger partial charge in [0.1, 0.15) is 5.82 Å². The van der Waals surface area contributed by atoms with Gasteiger partial charge in [-0.3, -0.25) is 0 Å². The summed E-state index contributed by atoms with van der Waals surface area (Å²) < 4.78 is 0. The number of nitrogens with two attached hydrogens (primary N) is 1. The standard InChI is InChI=1S/C18H24N4/c1-13-10-15(3)20-18(11-13)22-8-6-21(7-9-22)16-4-5-17(19)14(2)12-16/h4-5,10-12H,6-9,19H2,1-3H3. The van der Waals surface area contributed by atoms with Crippen LogP contribution in [0.15, 0.2) is 30.3 Å². The van der Waals surface area contributed by atoms with Crippen LogP contribution in [0.1, 0.15) is 16.8 Å². The average molecular weight is 296 g/mol. The van der Waals surface area contributed by atoms with E-state index in [0.717, 1.165) is 48.9 Å². The second kappa shape index (κ2) is 5.87. The lowest BCUT2D eigenvalue weighted by atomic mass is 10.1. The topological polar surface area (TPSA) is 45.4 Å². The van der Waals surface area contributed by atoms with E-state index in [-0.39, 0.29) is 0 Å². The first-order chi connectivity index (χ1) is 10.5. The molecule has 2 heterocycles. The predicted molar refractivity (Wildman–Crippen MR) is 93.7 cm³/mol. The summed E-state index contributed by atoms with van der Waals surface area (Å²) in [5.41, 5.74) is 11.6. The van der Waals surface area contributed by atoms with Crippen molar-refractivity contribution in [2.75, 3.05) is 41.7 Å². The minimum absolute atomic E-state index is 0.863. The molecule has 0 atom stereocenters. The third kappa shape index (κ3) is 3.01. The van der Waals surface area contributed by atoms with E-state index < -0.39 is 0 Å². The van der Waals surface area contributed by atoms with Gasteiger partial charge in [-0.2, -0.15) is 0 Å². The highest BCUT2D eigenvalue weighted by Crippen LogP contribution is 2.23. The number of nitrogens with zero attached hydrogens (tertiary/aromatic N) is 3. The summed E-state index contributed by atoms with van der Waals surface area (Å²) >= 11 is 0. The fourth-order valence-corrected chi connectivity index (χ4v) is 3.03. The summed E-state index contributed by atoms with van der Waals surface area (Å²) in [6, 6.07) is 10.6. The van der Waals surface area contributed by atoms with Crippen LogP contribution in [0, 0.1) is 20.8 Å². The van der Waals surface area contributed by atoms with Gasteiger partial charge in [0.15, 0.2) is 0 Å². The van der Waals surface area contributed by atoms with Crippen molar-refractivity contribution in [3.63, 3.8) is 0 Å². The molecule has 2 N–H and O–H groups in total. The predicted octanol–water partition coefficient (Wildman–Crippen LogP) is 2.92. The fourth-order valence-electron chi connectivity index (χ4n) is 3.03. The lowest BCUT2D eigenvalue weighted by molar-refractivity contribution is 0.646. The summed E-state index contributed by atoms with van der Waals surface area (Å²) in [4.78, 5) is 9.47. The Balaban J connectivity index is 1.70. The molecule has 3 rings (SSSR count). The Morgan fingerprint density at radius 2 is 1.59 bits per heavy atom. The van der Waals surface area contributed by atoms with E-state index in [4.69, 9.17) is 5.73 Å². The van der Waals surface area contributed by atoms with Crippen molar-refractivity contribution in [1.82, 2.24) is 4.98 Å². The highest BCUT2D eigenvalue weighted by atomic mass is 15.3. The zero-order chi connectivity index (χ0) is 15.7. The van der Waals surface area contributed by atoms with Gasteiger partial charge in [0.25, 0.3) is 0 Å². The number of hydrogen-bond acceptors (Lipinski definition) is 4. The molecule has 0 spiro atoms. The van der Waals surface area contributed by atoms with E-state index in [1.54, 1.807) is 0 Å². The molecule has 0 bridgehead atoms. The number of aromatic nitrogens is 1. The molecule has 4 heteroatoms. The zero-order valence-electron chi connectivity index (χ0n) is 13.6. The number of nitrogen functional groups attached to an aromatic ring is 1. The summed E-state index contributed by atoms with van der Waals surface area (Å²) in [7, 11) is 0. The Labute approximate surface area is 132 Å².